The van der Waals surface area contributed by atoms with Crippen molar-refractivity contribution in [1.82, 2.24) is 10.6 Å². The van der Waals surface area contributed by atoms with E-state index in [1.54, 1.807) is 13.8 Å². The van der Waals surface area contributed by atoms with E-state index in [-0.39, 0.29) is 12.6 Å². The Morgan fingerprint density at radius 3 is 2.71 bits per heavy atom. The molecule has 0 saturated heterocycles. The molecule has 1 aromatic carbocycles. The molecule has 0 spiro atoms. The van der Waals surface area contributed by atoms with Gasteiger partial charge in [-0.05, 0) is 36.4 Å². The molecular formula is C18H18N2O3S. The van der Waals surface area contributed by atoms with Crippen LogP contribution in [0.5, 0.6) is 0 Å². The van der Waals surface area contributed by atoms with Crippen LogP contribution in [-0.2, 0) is 9.53 Å². The van der Waals surface area contributed by atoms with Crippen LogP contribution in [-0.4, -0.2) is 18.6 Å². The SMILES string of the molecule is CCOC(=O)C1=C(C)NC(=O)N[C@@H]1c1cc(-c2ccccc2)cs1. The van der Waals surface area contributed by atoms with Gasteiger partial charge in [0.05, 0.1) is 18.2 Å². The minimum absolute atomic E-state index is 0.288. The van der Waals surface area contributed by atoms with Crippen molar-refractivity contribution >= 4 is 23.3 Å². The normalized spacial score (nSPS) is 17.2. The predicted molar refractivity (Wildman–Crippen MR) is 93.5 cm³/mol. The Kier molecular flexibility index (Phi) is 4.66. The number of hydrogen-bond donors (Lipinski definition) is 2. The monoisotopic (exact) mass is 342 g/mol. The van der Waals surface area contributed by atoms with E-state index in [4.69, 9.17) is 4.74 Å². The molecule has 0 aliphatic carbocycles. The highest BCUT2D eigenvalue weighted by Gasteiger charge is 2.33. The number of hydrogen-bond acceptors (Lipinski definition) is 4. The molecule has 0 saturated carbocycles. The zero-order chi connectivity index (χ0) is 17.1. The summed E-state index contributed by atoms with van der Waals surface area (Å²) in [6.45, 7) is 3.76. The van der Waals surface area contributed by atoms with E-state index in [2.05, 4.69) is 10.6 Å². The van der Waals surface area contributed by atoms with E-state index in [1.165, 1.54) is 11.3 Å². The molecule has 124 valence electrons. The van der Waals surface area contributed by atoms with Gasteiger partial charge in [0.2, 0.25) is 0 Å². The number of carbonyl (C=O) groups excluding carboxylic acids is 2. The molecule has 2 N–H and O–H groups in total. The Labute approximate surface area is 144 Å². The summed E-state index contributed by atoms with van der Waals surface area (Å²) >= 11 is 1.51. The number of carbonyl (C=O) groups is 2. The number of nitrogens with one attached hydrogen (secondary N) is 2. The Hall–Kier alpha value is -2.60. The number of benzene rings is 1. The summed E-state index contributed by atoms with van der Waals surface area (Å²) < 4.78 is 5.15. The molecule has 2 aromatic rings. The van der Waals surface area contributed by atoms with E-state index in [9.17, 15) is 9.59 Å². The third kappa shape index (κ3) is 3.19. The van der Waals surface area contributed by atoms with Crippen LogP contribution in [0.15, 0.2) is 53.0 Å². The van der Waals surface area contributed by atoms with E-state index in [1.807, 2.05) is 41.8 Å². The third-order valence-electron chi connectivity index (χ3n) is 3.78. The van der Waals surface area contributed by atoms with Gasteiger partial charge in [-0.1, -0.05) is 30.3 Å². The van der Waals surface area contributed by atoms with E-state index < -0.39 is 12.0 Å². The lowest BCUT2D eigenvalue weighted by Gasteiger charge is -2.27. The first-order chi connectivity index (χ1) is 11.6. The third-order valence-corrected chi connectivity index (χ3v) is 4.77. The fourth-order valence-electron chi connectivity index (χ4n) is 2.67. The van der Waals surface area contributed by atoms with Crippen LogP contribution < -0.4 is 10.6 Å². The predicted octanol–water partition coefficient (Wildman–Crippen LogP) is 3.61. The topological polar surface area (TPSA) is 67.4 Å². The minimum atomic E-state index is -0.500. The summed E-state index contributed by atoms with van der Waals surface area (Å²) in [5.74, 6) is -0.415. The maximum Gasteiger partial charge on any atom is 0.338 e. The smallest absolute Gasteiger partial charge is 0.338 e. The van der Waals surface area contributed by atoms with Crippen LogP contribution in [0.25, 0.3) is 11.1 Å². The van der Waals surface area contributed by atoms with Gasteiger partial charge in [0.1, 0.15) is 0 Å². The number of rotatable bonds is 4. The van der Waals surface area contributed by atoms with Crippen molar-refractivity contribution in [2.75, 3.05) is 6.61 Å². The van der Waals surface area contributed by atoms with Crippen LogP contribution in [0.1, 0.15) is 24.8 Å². The summed E-state index contributed by atoms with van der Waals surface area (Å²) in [4.78, 5) is 25.1. The molecule has 5 nitrogen and oxygen atoms in total. The average Bonchev–Trinajstić information content (AvgIpc) is 3.05. The molecule has 24 heavy (non-hydrogen) atoms. The molecule has 0 unspecified atom stereocenters. The number of ether oxygens (including phenoxy) is 1. The zero-order valence-electron chi connectivity index (χ0n) is 13.5. The summed E-state index contributed by atoms with van der Waals surface area (Å²) in [5, 5.41) is 7.48. The molecule has 3 rings (SSSR count). The van der Waals surface area contributed by atoms with Crippen LogP contribution >= 0.6 is 11.3 Å². The molecule has 0 fully saturated rings. The van der Waals surface area contributed by atoms with Gasteiger partial charge < -0.3 is 15.4 Å². The maximum atomic E-state index is 12.3. The Bertz CT molecular complexity index is 796. The molecule has 1 aromatic heterocycles. The lowest BCUT2D eigenvalue weighted by atomic mass is 10.00. The highest BCUT2D eigenvalue weighted by molar-refractivity contribution is 7.10. The van der Waals surface area contributed by atoms with Crippen LogP contribution in [0.2, 0.25) is 0 Å². The quantitative estimate of drug-likeness (QED) is 0.834. The first-order valence-corrected chi connectivity index (χ1v) is 8.57. The molecule has 0 bridgehead atoms. The standard InChI is InChI=1S/C18H18N2O3S/c1-3-23-17(21)15-11(2)19-18(22)20-16(15)14-9-13(10-24-14)12-7-5-4-6-8-12/h4-10,16H,3H2,1-2H3,(H2,19,20,22)/t16-/m1/s1. The Morgan fingerprint density at radius 1 is 1.25 bits per heavy atom. The zero-order valence-corrected chi connectivity index (χ0v) is 14.3. The highest BCUT2D eigenvalue weighted by atomic mass is 32.1. The highest BCUT2D eigenvalue weighted by Crippen LogP contribution is 2.34. The first-order valence-electron chi connectivity index (χ1n) is 7.69. The number of amides is 2. The van der Waals surface area contributed by atoms with E-state index in [0.29, 0.717) is 11.3 Å². The summed E-state index contributed by atoms with van der Waals surface area (Å²) in [6, 6.07) is 11.2. The number of allylic oxidation sites excluding steroid dienone is 1. The Balaban J connectivity index is 1.97. The van der Waals surface area contributed by atoms with Crippen molar-refractivity contribution in [2.24, 2.45) is 0 Å². The van der Waals surface area contributed by atoms with Crippen LogP contribution in [0.3, 0.4) is 0 Å². The largest absolute Gasteiger partial charge is 0.463 e. The molecule has 2 amide bonds. The van der Waals surface area contributed by atoms with Crippen molar-refractivity contribution in [3.63, 3.8) is 0 Å². The van der Waals surface area contributed by atoms with Gasteiger partial charge in [0.25, 0.3) is 0 Å². The second-order valence-electron chi connectivity index (χ2n) is 5.39. The fourth-order valence-corrected chi connectivity index (χ4v) is 3.65. The first kappa shape index (κ1) is 16.3. The second kappa shape index (κ2) is 6.88. The van der Waals surface area contributed by atoms with Crippen LogP contribution in [0, 0.1) is 0 Å². The maximum absolute atomic E-state index is 12.3. The van der Waals surface area contributed by atoms with Crippen molar-refractivity contribution in [2.45, 2.75) is 19.9 Å². The van der Waals surface area contributed by atoms with Gasteiger partial charge in [-0.25, -0.2) is 9.59 Å². The molecule has 0 radical (unpaired) electrons. The number of thiophene rings is 1. The van der Waals surface area contributed by atoms with Gasteiger partial charge in [0, 0.05) is 10.6 Å². The van der Waals surface area contributed by atoms with Gasteiger partial charge >= 0.3 is 12.0 Å². The van der Waals surface area contributed by atoms with Crippen molar-refractivity contribution in [3.8, 4) is 11.1 Å². The van der Waals surface area contributed by atoms with E-state index >= 15 is 0 Å². The molecule has 6 heteroatoms. The van der Waals surface area contributed by atoms with Gasteiger partial charge in [-0.15, -0.1) is 11.3 Å². The van der Waals surface area contributed by atoms with Crippen molar-refractivity contribution in [1.29, 1.82) is 0 Å². The lowest BCUT2D eigenvalue weighted by Crippen LogP contribution is -2.45. The molecule has 1 atom stereocenters. The number of esters is 1. The summed E-state index contributed by atoms with van der Waals surface area (Å²) in [6.07, 6.45) is 0. The summed E-state index contributed by atoms with van der Waals surface area (Å²) in [5.41, 5.74) is 3.12. The Morgan fingerprint density at radius 2 is 2.00 bits per heavy atom. The van der Waals surface area contributed by atoms with Crippen LogP contribution in [0.4, 0.5) is 4.79 Å². The minimum Gasteiger partial charge on any atom is -0.463 e. The van der Waals surface area contributed by atoms with Gasteiger partial charge in [-0.3, -0.25) is 0 Å². The molecular weight excluding hydrogens is 324 g/mol. The van der Waals surface area contributed by atoms with Gasteiger partial charge in [0.15, 0.2) is 0 Å². The summed E-state index contributed by atoms with van der Waals surface area (Å²) in [7, 11) is 0. The molecule has 2 heterocycles. The second-order valence-corrected chi connectivity index (χ2v) is 6.34. The molecule has 1 aliphatic rings. The van der Waals surface area contributed by atoms with E-state index in [0.717, 1.165) is 16.0 Å². The van der Waals surface area contributed by atoms with Gasteiger partial charge in [-0.2, -0.15) is 0 Å². The average molecular weight is 342 g/mol. The van der Waals surface area contributed by atoms with Crippen molar-refractivity contribution < 1.29 is 14.3 Å². The van der Waals surface area contributed by atoms with Crippen molar-refractivity contribution in [3.05, 3.63) is 57.9 Å². The number of urea groups is 1. The molecule has 1 aliphatic heterocycles. The fraction of sp³-hybridized carbons (Fsp3) is 0.222. The lowest BCUT2D eigenvalue weighted by molar-refractivity contribution is -0.139.